The number of ether oxygens (including phenoxy) is 1. The van der Waals surface area contributed by atoms with Gasteiger partial charge in [0, 0.05) is 11.6 Å². The summed E-state index contributed by atoms with van der Waals surface area (Å²) in [5.74, 6) is 0.241. The smallest absolute Gasteiger partial charge is 0.311 e. The van der Waals surface area contributed by atoms with Crippen molar-refractivity contribution in [3.63, 3.8) is 0 Å². The van der Waals surface area contributed by atoms with E-state index in [9.17, 15) is 10.1 Å². The number of nitro benzene ring substituents is 1. The van der Waals surface area contributed by atoms with Gasteiger partial charge < -0.3 is 4.74 Å². The first-order valence-corrected chi connectivity index (χ1v) is 5.98. The Bertz CT molecular complexity index is 690. The van der Waals surface area contributed by atoms with Crippen LogP contribution in [0.1, 0.15) is 16.7 Å². The molecule has 0 atom stereocenters. The fourth-order valence-electron chi connectivity index (χ4n) is 1.87. The normalized spacial score (nSPS) is 9.80. The highest BCUT2D eigenvalue weighted by molar-refractivity contribution is 5.51. The van der Waals surface area contributed by atoms with E-state index in [0.717, 1.165) is 0 Å². The van der Waals surface area contributed by atoms with E-state index in [1.54, 1.807) is 43.3 Å². The van der Waals surface area contributed by atoms with Gasteiger partial charge in [-0.15, -0.1) is 0 Å². The Balaban J connectivity index is 2.28. The molecule has 0 radical (unpaired) electrons. The van der Waals surface area contributed by atoms with Gasteiger partial charge in [0.25, 0.3) is 0 Å². The van der Waals surface area contributed by atoms with Crippen LogP contribution in [0.3, 0.4) is 0 Å². The number of benzene rings is 2. The van der Waals surface area contributed by atoms with Gasteiger partial charge in [-0.1, -0.05) is 30.3 Å². The van der Waals surface area contributed by atoms with Crippen molar-refractivity contribution in [2.45, 2.75) is 13.5 Å². The third kappa shape index (κ3) is 2.75. The molecular formula is C15H12N2O3. The molecule has 0 amide bonds. The summed E-state index contributed by atoms with van der Waals surface area (Å²) in [6, 6.07) is 13.8. The van der Waals surface area contributed by atoms with E-state index in [4.69, 9.17) is 10.00 Å². The van der Waals surface area contributed by atoms with Crippen LogP contribution < -0.4 is 4.74 Å². The summed E-state index contributed by atoms with van der Waals surface area (Å²) in [4.78, 5) is 10.5. The molecule has 2 aromatic rings. The lowest BCUT2D eigenvalue weighted by molar-refractivity contribution is -0.386. The standard InChI is InChI=1S/C15H12N2O3/c1-11-5-4-8-14(17(18)19)15(11)20-10-13-7-3-2-6-12(13)9-16/h2-8H,10H2,1H3. The number of aryl methyl sites for hydroxylation is 1. The number of hydrogen-bond donors (Lipinski definition) is 0. The molecule has 5 nitrogen and oxygen atoms in total. The zero-order valence-corrected chi connectivity index (χ0v) is 10.9. The van der Waals surface area contributed by atoms with Crippen LogP contribution in [0.25, 0.3) is 0 Å². The van der Waals surface area contributed by atoms with Gasteiger partial charge in [0.1, 0.15) is 6.61 Å². The third-order valence-corrected chi connectivity index (χ3v) is 2.90. The molecule has 100 valence electrons. The molecule has 0 aliphatic rings. The maximum Gasteiger partial charge on any atom is 0.311 e. The molecule has 2 rings (SSSR count). The number of para-hydroxylation sites is 1. The number of rotatable bonds is 4. The van der Waals surface area contributed by atoms with Gasteiger partial charge in [-0.05, 0) is 18.6 Å². The van der Waals surface area contributed by atoms with Crippen LogP contribution in [0.15, 0.2) is 42.5 Å². The molecule has 0 heterocycles. The van der Waals surface area contributed by atoms with Crippen LogP contribution in [0.4, 0.5) is 5.69 Å². The van der Waals surface area contributed by atoms with Gasteiger partial charge in [0.15, 0.2) is 5.75 Å². The number of nitriles is 1. The minimum Gasteiger partial charge on any atom is -0.482 e. The van der Waals surface area contributed by atoms with Crippen LogP contribution in [-0.4, -0.2) is 4.92 Å². The Morgan fingerprint density at radius 1 is 1.25 bits per heavy atom. The second kappa shape index (κ2) is 5.85. The van der Waals surface area contributed by atoms with Crippen molar-refractivity contribution in [3.8, 4) is 11.8 Å². The molecule has 0 unspecified atom stereocenters. The van der Waals surface area contributed by atoms with Crippen molar-refractivity contribution in [2.75, 3.05) is 0 Å². The predicted molar refractivity (Wildman–Crippen MR) is 73.3 cm³/mol. The van der Waals surface area contributed by atoms with Gasteiger partial charge in [-0.2, -0.15) is 5.26 Å². The molecule has 0 spiro atoms. The van der Waals surface area contributed by atoms with Crippen LogP contribution in [-0.2, 0) is 6.61 Å². The predicted octanol–water partition coefficient (Wildman–Crippen LogP) is 3.35. The second-order valence-corrected chi connectivity index (χ2v) is 4.24. The average molecular weight is 268 g/mol. The van der Waals surface area contributed by atoms with Gasteiger partial charge in [0.2, 0.25) is 0 Å². The third-order valence-electron chi connectivity index (χ3n) is 2.90. The SMILES string of the molecule is Cc1cccc([N+](=O)[O-])c1OCc1ccccc1C#N. The van der Waals surface area contributed by atoms with E-state index in [1.165, 1.54) is 6.07 Å². The molecule has 0 aliphatic carbocycles. The average Bonchev–Trinajstić information content (AvgIpc) is 2.46. The van der Waals surface area contributed by atoms with Crippen LogP contribution >= 0.6 is 0 Å². The van der Waals surface area contributed by atoms with E-state index in [-0.39, 0.29) is 18.0 Å². The Kier molecular flexibility index (Phi) is 3.96. The van der Waals surface area contributed by atoms with E-state index >= 15 is 0 Å². The van der Waals surface area contributed by atoms with Crippen molar-refractivity contribution in [1.82, 2.24) is 0 Å². The van der Waals surface area contributed by atoms with Crippen LogP contribution in [0, 0.1) is 28.4 Å². The summed E-state index contributed by atoms with van der Waals surface area (Å²) in [5.41, 5.74) is 1.82. The van der Waals surface area contributed by atoms with Crippen LogP contribution in [0.2, 0.25) is 0 Å². The van der Waals surface area contributed by atoms with Crippen molar-refractivity contribution in [2.24, 2.45) is 0 Å². The first-order chi connectivity index (χ1) is 9.63. The van der Waals surface area contributed by atoms with Crippen molar-refractivity contribution in [3.05, 3.63) is 69.3 Å². The van der Waals surface area contributed by atoms with E-state index in [1.807, 2.05) is 0 Å². The summed E-state index contributed by atoms with van der Waals surface area (Å²) in [5, 5.41) is 20.0. The Morgan fingerprint density at radius 3 is 2.70 bits per heavy atom. The first kappa shape index (κ1) is 13.6. The lowest BCUT2D eigenvalue weighted by atomic mass is 10.1. The summed E-state index contributed by atoms with van der Waals surface area (Å²) in [6.45, 7) is 1.87. The van der Waals surface area contributed by atoms with Gasteiger partial charge in [-0.3, -0.25) is 10.1 Å². The molecular weight excluding hydrogens is 256 g/mol. The summed E-state index contributed by atoms with van der Waals surface area (Å²) in [6.07, 6.45) is 0. The molecule has 0 N–H and O–H groups in total. The molecule has 0 bridgehead atoms. The Morgan fingerprint density at radius 2 is 2.00 bits per heavy atom. The molecule has 2 aromatic carbocycles. The maximum atomic E-state index is 11.0. The molecule has 20 heavy (non-hydrogen) atoms. The molecule has 5 heteroatoms. The second-order valence-electron chi connectivity index (χ2n) is 4.24. The van der Waals surface area contributed by atoms with E-state index in [0.29, 0.717) is 16.7 Å². The highest BCUT2D eigenvalue weighted by Crippen LogP contribution is 2.31. The molecule has 0 fully saturated rings. The molecule has 0 saturated heterocycles. The van der Waals surface area contributed by atoms with E-state index < -0.39 is 4.92 Å². The highest BCUT2D eigenvalue weighted by atomic mass is 16.6. The molecule has 0 aliphatic heterocycles. The number of nitrogens with zero attached hydrogens (tertiary/aromatic N) is 2. The Hall–Kier alpha value is -2.87. The summed E-state index contributed by atoms with van der Waals surface area (Å²) < 4.78 is 5.56. The van der Waals surface area contributed by atoms with Crippen LogP contribution in [0.5, 0.6) is 5.75 Å². The van der Waals surface area contributed by atoms with Crippen molar-refractivity contribution < 1.29 is 9.66 Å². The Labute approximate surface area is 116 Å². The van der Waals surface area contributed by atoms with E-state index in [2.05, 4.69) is 6.07 Å². The summed E-state index contributed by atoms with van der Waals surface area (Å²) in [7, 11) is 0. The van der Waals surface area contributed by atoms with Crippen molar-refractivity contribution in [1.29, 1.82) is 5.26 Å². The fourth-order valence-corrected chi connectivity index (χ4v) is 1.87. The number of hydrogen-bond acceptors (Lipinski definition) is 4. The number of nitro groups is 1. The molecule has 0 aromatic heterocycles. The first-order valence-electron chi connectivity index (χ1n) is 5.98. The molecule has 0 saturated carbocycles. The minimum atomic E-state index is -0.474. The fraction of sp³-hybridized carbons (Fsp3) is 0.133. The quantitative estimate of drug-likeness (QED) is 0.629. The maximum absolute atomic E-state index is 11.0. The summed E-state index contributed by atoms with van der Waals surface area (Å²) >= 11 is 0. The zero-order valence-electron chi connectivity index (χ0n) is 10.9. The van der Waals surface area contributed by atoms with Gasteiger partial charge in [0.05, 0.1) is 16.6 Å². The largest absolute Gasteiger partial charge is 0.482 e. The lowest BCUT2D eigenvalue weighted by Gasteiger charge is -2.10. The van der Waals surface area contributed by atoms with Gasteiger partial charge in [-0.25, -0.2) is 0 Å². The minimum absolute atomic E-state index is 0.0700. The van der Waals surface area contributed by atoms with Gasteiger partial charge >= 0.3 is 5.69 Å². The zero-order chi connectivity index (χ0) is 14.5. The topological polar surface area (TPSA) is 76.2 Å². The highest BCUT2D eigenvalue weighted by Gasteiger charge is 2.17. The van der Waals surface area contributed by atoms with Crippen molar-refractivity contribution >= 4 is 5.69 Å². The lowest BCUT2D eigenvalue weighted by Crippen LogP contribution is -2.02. The monoisotopic (exact) mass is 268 g/mol.